The van der Waals surface area contributed by atoms with E-state index in [0.29, 0.717) is 11.1 Å². The minimum absolute atomic E-state index is 0.100. The molecular formula is C12H18N2O2S3. The van der Waals surface area contributed by atoms with Gasteiger partial charge >= 0.3 is 0 Å². The normalized spacial score (nSPS) is 13.2. The molecule has 1 rings (SSSR count). The van der Waals surface area contributed by atoms with Gasteiger partial charge in [0.2, 0.25) is 10.0 Å². The van der Waals surface area contributed by atoms with E-state index in [9.17, 15) is 8.42 Å². The summed E-state index contributed by atoms with van der Waals surface area (Å²) in [6, 6.07) is 6.93. The van der Waals surface area contributed by atoms with Gasteiger partial charge in [0.15, 0.2) is 0 Å². The first-order chi connectivity index (χ1) is 8.85. The van der Waals surface area contributed by atoms with Crippen LogP contribution >= 0.6 is 24.0 Å². The van der Waals surface area contributed by atoms with Crippen LogP contribution in [0.15, 0.2) is 24.3 Å². The van der Waals surface area contributed by atoms with E-state index in [2.05, 4.69) is 4.72 Å². The smallest absolute Gasteiger partial charge is 0.216 e. The molecule has 0 amide bonds. The maximum atomic E-state index is 12.1. The Labute approximate surface area is 124 Å². The molecule has 0 spiro atoms. The highest BCUT2D eigenvalue weighted by Gasteiger charge is 2.17. The molecule has 1 unspecified atom stereocenters. The molecule has 0 bridgehead atoms. The van der Waals surface area contributed by atoms with Gasteiger partial charge in [-0.1, -0.05) is 36.5 Å². The van der Waals surface area contributed by atoms with Gasteiger partial charge in [0.05, 0.1) is 5.75 Å². The summed E-state index contributed by atoms with van der Waals surface area (Å²) in [6.07, 6.45) is 1.94. The minimum Gasteiger partial charge on any atom is -0.389 e. The number of nitrogens with two attached hydrogens (primary N) is 1. The summed E-state index contributed by atoms with van der Waals surface area (Å²) in [5.74, 6) is 0.620. The van der Waals surface area contributed by atoms with Crippen LogP contribution in [-0.2, 0) is 15.8 Å². The average Bonchev–Trinajstić information content (AvgIpc) is 2.28. The SMILES string of the molecule is CSCC(C)NS(=O)(=O)Cc1ccccc1C(N)=S. The van der Waals surface area contributed by atoms with Gasteiger partial charge in [-0.25, -0.2) is 13.1 Å². The van der Waals surface area contributed by atoms with Crippen LogP contribution in [0, 0.1) is 0 Å². The Balaban J connectivity index is 2.87. The van der Waals surface area contributed by atoms with Crippen LogP contribution in [0.2, 0.25) is 0 Å². The van der Waals surface area contributed by atoms with Crippen LogP contribution in [0.3, 0.4) is 0 Å². The molecule has 3 N–H and O–H groups in total. The summed E-state index contributed by atoms with van der Waals surface area (Å²) in [7, 11) is -3.39. The molecular weight excluding hydrogens is 300 g/mol. The van der Waals surface area contributed by atoms with Crippen LogP contribution in [0.4, 0.5) is 0 Å². The molecule has 1 atom stereocenters. The molecule has 0 aliphatic rings. The third-order valence-corrected chi connectivity index (χ3v) is 4.93. The maximum Gasteiger partial charge on any atom is 0.216 e. The predicted octanol–water partition coefficient (Wildman–Crippen LogP) is 1.49. The lowest BCUT2D eigenvalue weighted by Crippen LogP contribution is -2.35. The average molecular weight is 318 g/mol. The van der Waals surface area contributed by atoms with Crippen molar-refractivity contribution in [3.63, 3.8) is 0 Å². The van der Waals surface area contributed by atoms with E-state index < -0.39 is 10.0 Å². The van der Waals surface area contributed by atoms with Crippen LogP contribution in [0.25, 0.3) is 0 Å². The van der Waals surface area contributed by atoms with Crippen molar-refractivity contribution < 1.29 is 8.42 Å². The fourth-order valence-electron chi connectivity index (χ4n) is 1.72. The molecule has 0 saturated heterocycles. The Kier molecular flexibility index (Phi) is 6.25. The molecule has 7 heteroatoms. The Morgan fingerprint density at radius 3 is 2.68 bits per heavy atom. The van der Waals surface area contributed by atoms with Gasteiger partial charge in [-0.15, -0.1) is 0 Å². The number of hydrogen-bond donors (Lipinski definition) is 2. The van der Waals surface area contributed by atoms with E-state index in [1.165, 1.54) is 0 Å². The van der Waals surface area contributed by atoms with Gasteiger partial charge in [0, 0.05) is 17.4 Å². The maximum absolute atomic E-state index is 12.1. The first-order valence-corrected chi connectivity index (χ1v) is 9.18. The highest BCUT2D eigenvalue weighted by Crippen LogP contribution is 2.12. The number of thioether (sulfide) groups is 1. The van der Waals surface area contributed by atoms with Crippen molar-refractivity contribution in [2.75, 3.05) is 12.0 Å². The van der Waals surface area contributed by atoms with Gasteiger partial charge in [-0.2, -0.15) is 11.8 Å². The Hall–Kier alpha value is -0.630. The summed E-state index contributed by atoms with van der Waals surface area (Å²) in [6.45, 7) is 1.84. The number of benzene rings is 1. The molecule has 0 heterocycles. The van der Waals surface area contributed by atoms with Crippen molar-refractivity contribution >= 4 is 39.0 Å². The third-order valence-electron chi connectivity index (χ3n) is 2.43. The summed E-state index contributed by atoms with van der Waals surface area (Å²) in [5.41, 5.74) is 6.83. The highest BCUT2D eigenvalue weighted by molar-refractivity contribution is 7.98. The number of sulfonamides is 1. The van der Waals surface area contributed by atoms with Gasteiger partial charge in [-0.3, -0.25) is 0 Å². The van der Waals surface area contributed by atoms with Crippen molar-refractivity contribution in [3.8, 4) is 0 Å². The summed E-state index contributed by atoms with van der Waals surface area (Å²) in [4.78, 5) is 0.211. The molecule has 4 nitrogen and oxygen atoms in total. The third kappa shape index (κ3) is 5.48. The lowest BCUT2D eigenvalue weighted by Gasteiger charge is -2.14. The zero-order chi connectivity index (χ0) is 14.5. The Bertz CT molecular complexity index is 544. The van der Waals surface area contributed by atoms with Crippen molar-refractivity contribution in [2.24, 2.45) is 5.73 Å². The fourth-order valence-corrected chi connectivity index (χ4v) is 4.05. The van der Waals surface area contributed by atoms with Gasteiger partial charge < -0.3 is 5.73 Å². The molecule has 0 saturated carbocycles. The molecule has 0 aliphatic heterocycles. The van der Waals surface area contributed by atoms with E-state index >= 15 is 0 Å². The van der Waals surface area contributed by atoms with Crippen LogP contribution in [0.1, 0.15) is 18.1 Å². The van der Waals surface area contributed by atoms with Gasteiger partial charge in [0.1, 0.15) is 4.99 Å². The van der Waals surface area contributed by atoms with Gasteiger partial charge in [0.25, 0.3) is 0 Å². The Morgan fingerprint density at radius 2 is 2.11 bits per heavy atom. The molecule has 19 heavy (non-hydrogen) atoms. The first-order valence-electron chi connectivity index (χ1n) is 5.72. The zero-order valence-corrected chi connectivity index (χ0v) is 13.4. The van der Waals surface area contributed by atoms with E-state index in [1.807, 2.05) is 13.2 Å². The lowest BCUT2D eigenvalue weighted by atomic mass is 10.1. The van der Waals surface area contributed by atoms with Crippen LogP contribution in [0.5, 0.6) is 0 Å². The largest absolute Gasteiger partial charge is 0.389 e. The second-order valence-corrected chi connectivity index (χ2v) is 7.36. The monoisotopic (exact) mass is 318 g/mol. The number of nitrogens with one attached hydrogen (secondary N) is 1. The molecule has 0 aliphatic carbocycles. The molecule has 1 aromatic rings. The van der Waals surface area contributed by atoms with Crippen molar-refractivity contribution in [2.45, 2.75) is 18.7 Å². The van der Waals surface area contributed by atoms with Crippen molar-refractivity contribution in [3.05, 3.63) is 35.4 Å². The highest BCUT2D eigenvalue weighted by atomic mass is 32.2. The molecule has 0 fully saturated rings. The lowest BCUT2D eigenvalue weighted by molar-refractivity contribution is 0.570. The molecule has 1 aromatic carbocycles. The standard InChI is InChI=1S/C12H18N2O2S3/c1-9(7-18-2)14-19(15,16)8-10-5-3-4-6-11(10)12(13)17/h3-6,9,14H,7-8H2,1-2H3,(H2,13,17). The van der Waals surface area contributed by atoms with E-state index in [1.54, 1.807) is 36.0 Å². The number of hydrogen-bond acceptors (Lipinski definition) is 4. The summed E-state index contributed by atoms with van der Waals surface area (Å²) >= 11 is 6.52. The molecule has 0 aromatic heterocycles. The number of thiocarbonyl (C=S) groups is 1. The van der Waals surface area contributed by atoms with Crippen molar-refractivity contribution in [1.29, 1.82) is 0 Å². The summed E-state index contributed by atoms with van der Waals surface area (Å²) < 4.78 is 26.8. The zero-order valence-electron chi connectivity index (χ0n) is 10.9. The van der Waals surface area contributed by atoms with E-state index in [-0.39, 0.29) is 16.8 Å². The van der Waals surface area contributed by atoms with E-state index in [0.717, 1.165) is 5.75 Å². The van der Waals surface area contributed by atoms with Crippen molar-refractivity contribution in [1.82, 2.24) is 4.72 Å². The Morgan fingerprint density at radius 1 is 1.47 bits per heavy atom. The number of rotatable bonds is 7. The second-order valence-electron chi connectivity index (χ2n) is 4.25. The van der Waals surface area contributed by atoms with Gasteiger partial charge in [-0.05, 0) is 18.7 Å². The van der Waals surface area contributed by atoms with Crippen LogP contribution < -0.4 is 10.5 Å². The molecule has 106 valence electrons. The predicted molar refractivity (Wildman–Crippen MR) is 85.9 cm³/mol. The fraction of sp³-hybridized carbons (Fsp3) is 0.417. The minimum atomic E-state index is -3.39. The van der Waals surface area contributed by atoms with E-state index in [4.69, 9.17) is 18.0 Å². The quantitative estimate of drug-likeness (QED) is 0.745. The molecule has 0 radical (unpaired) electrons. The second kappa shape index (κ2) is 7.23. The summed E-state index contributed by atoms with van der Waals surface area (Å²) in [5, 5.41) is 0. The first kappa shape index (κ1) is 16.4. The topological polar surface area (TPSA) is 72.2 Å². The van der Waals surface area contributed by atoms with Crippen LogP contribution in [-0.4, -0.2) is 31.5 Å².